The van der Waals surface area contributed by atoms with E-state index >= 15 is 0 Å². The van der Waals surface area contributed by atoms with E-state index in [-0.39, 0.29) is 11.7 Å². The van der Waals surface area contributed by atoms with Crippen LogP contribution in [0.15, 0.2) is 42.6 Å². The minimum Gasteiger partial charge on any atom is -0.494 e. The van der Waals surface area contributed by atoms with Gasteiger partial charge in [0, 0.05) is 54.3 Å². The number of aryl methyl sites for hydroxylation is 2. The number of hydrogen-bond acceptors (Lipinski definition) is 2. The average Bonchev–Trinajstić information content (AvgIpc) is 3.15. The minimum atomic E-state index is -0.254. The van der Waals surface area contributed by atoms with Gasteiger partial charge in [-0.25, -0.2) is 4.39 Å². The molecular weight excluding hydrogens is 381 g/mol. The molecule has 0 radical (unpaired) electrons. The van der Waals surface area contributed by atoms with E-state index in [1.165, 1.54) is 6.07 Å². The third-order valence-electron chi connectivity index (χ3n) is 5.72. The highest BCUT2D eigenvalue weighted by Crippen LogP contribution is 2.29. The Morgan fingerprint density at radius 3 is 2.63 bits per heavy atom. The number of hydrogen-bond donors (Lipinski definition) is 1. The largest absolute Gasteiger partial charge is 0.494 e. The summed E-state index contributed by atoms with van der Waals surface area (Å²) in [5.41, 5.74) is 4.55. The summed E-state index contributed by atoms with van der Waals surface area (Å²) in [7, 11) is 3.90. The lowest BCUT2D eigenvalue weighted by Gasteiger charge is -2.07. The maximum absolute atomic E-state index is 13.7. The molecular formula is C24H26FN3O2. The van der Waals surface area contributed by atoms with Crippen molar-refractivity contribution in [3.8, 4) is 5.75 Å². The van der Waals surface area contributed by atoms with Gasteiger partial charge in [0.15, 0.2) is 0 Å². The van der Waals surface area contributed by atoms with Crippen molar-refractivity contribution in [2.45, 2.75) is 20.3 Å². The molecule has 0 aliphatic carbocycles. The second kappa shape index (κ2) is 7.86. The van der Waals surface area contributed by atoms with Gasteiger partial charge in [0.05, 0.1) is 12.2 Å². The van der Waals surface area contributed by atoms with Crippen molar-refractivity contribution in [2.24, 2.45) is 14.1 Å². The zero-order chi connectivity index (χ0) is 21.4. The van der Waals surface area contributed by atoms with Crippen LogP contribution in [0.2, 0.25) is 0 Å². The first kappa shape index (κ1) is 20.0. The smallest absolute Gasteiger partial charge is 0.253 e. The molecule has 4 aromatic rings. The Morgan fingerprint density at radius 1 is 1.10 bits per heavy atom. The van der Waals surface area contributed by atoms with Crippen molar-refractivity contribution < 1.29 is 13.9 Å². The van der Waals surface area contributed by atoms with Crippen molar-refractivity contribution in [1.82, 2.24) is 14.5 Å². The van der Waals surface area contributed by atoms with E-state index in [4.69, 9.17) is 4.74 Å². The molecule has 0 aliphatic heterocycles. The van der Waals surface area contributed by atoms with Crippen LogP contribution in [0.5, 0.6) is 5.75 Å². The Hall–Kier alpha value is -3.28. The number of nitrogens with one attached hydrogen (secondary N) is 1. The van der Waals surface area contributed by atoms with Gasteiger partial charge >= 0.3 is 0 Å². The van der Waals surface area contributed by atoms with E-state index < -0.39 is 0 Å². The van der Waals surface area contributed by atoms with Crippen molar-refractivity contribution in [3.63, 3.8) is 0 Å². The number of aromatic nitrogens is 2. The van der Waals surface area contributed by atoms with Crippen LogP contribution in [0.1, 0.15) is 28.5 Å². The zero-order valence-corrected chi connectivity index (χ0v) is 17.8. The van der Waals surface area contributed by atoms with Crippen molar-refractivity contribution in [3.05, 3.63) is 65.2 Å². The van der Waals surface area contributed by atoms with Crippen LogP contribution >= 0.6 is 0 Å². The highest BCUT2D eigenvalue weighted by Gasteiger charge is 2.19. The number of benzene rings is 2. The molecule has 6 heteroatoms. The first-order valence-electron chi connectivity index (χ1n) is 10.1. The van der Waals surface area contributed by atoms with E-state index in [0.29, 0.717) is 25.1 Å². The second-order valence-electron chi connectivity index (χ2n) is 7.56. The summed E-state index contributed by atoms with van der Waals surface area (Å²) >= 11 is 0. The number of carbonyl (C=O) groups excluding carboxylic acids is 1. The maximum atomic E-state index is 13.7. The van der Waals surface area contributed by atoms with E-state index in [9.17, 15) is 9.18 Å². The van der Waals surface area contributed by atoms with Crippen LogP contribution in [0.3, 0.4) is 0 Å². The zero-order valence-electron chi connectivity index (χ0n) is 17.8. The monoisotopic (exact) mass is 407 g/mol. The minimum absolute atomic E-state index is 0.113. The number of carbonyl (C=O) groups is 1. The number of ether oxygens (including phenoxy) is 1. The van der Waals surface area contributed by atoms with Gasteiger partial charge in [-0.2, -0.15) is 0 Å². The Balaban J connectivity index is 1.56. The molecule has 30 heavy (non-hydrogen) atoms. The highest BCUT2D eigenvalue weighted by atomic mass is 19.1. The molecule has 4 rings (SSSR count). The number of fused-ring (bicyclic) bond motifs is 2. The van der Waals surface area contributed by atoms with Crippen LogP contribution < -0.4 is 10.1 Å². The molecule has 0 saturated carbocycles. The molecule has 1 N–H and O–H groups in total. The normalized spacial score (nSPS) is 11.4. The average molecular weight is 407 g/mol. The van der Waals surface area contributed by atoms with Crippen LogP contribution in [0, 0.1) is 12.7 Å². The van der Waals surface area contributed by atoms with Crippen molar-refractivity contribution >= 4 is 27.7 Å². The molecule has 1 amide bonds. The second-order valence-corrected chi connectivity index (χ2v) is 7.56. The maximum Gasteiger partial charge on any atom is 0.253 e. The fraction of sp³-hybridized carbons (Fsp3) is 0.292. The Morgan fingerprint density at radius 2 is 1.87 bits per heavy atom. The summed E-state index contributed by atoms with van der Waals surface area (Å²) in [5, 5.41) is 4.80. The fourth-order valence-corrected chi connectivity index (χ4v) is 4.14. The van der Waals surface area contributed by atoms with E-state index in [0.717, 1.165) is 38.8 Å². The van der Waals surface area contributed by atoms with Gasteiger partial charge < -0.3 is 19.2 Å². The molecule has 0 atom stereocenters. The number of nitrogens with zero attached hydrogens (tertiary/aromatic N) is 2. The lowest BCUT2D eigenvalue weighted by molar-refractivity contribution is 0.0955. The number of halogens is 1. The topological polar surface area (TPSA) is 48.2 Å². The SMILES string of the molecule is CCOc1ccc2c(c1)c(C(=O)NCCc1cn(C)c3ccc(F)cc13)c(C)n2C. The van der Waals surface area contributed by atoms with Crippen LogP contribution in [-0.4, -0.2) is 28.2 Å². The molecule has 2 aromatic carbocycles. The molecule has 0 spiro atoms. The lowest BCUT2D eigenvalue weighted by Crippen LogP contribution is -2.26. The van der Waals surface area contributed by atoms with Gasteiger partial charge in [0.25, 0.3) is 5.91 Å². The summed E-state index contributed by atoms with van der Waals surface area (Å²) in [6.07, 6.45) is 2.62. The van der Waals surface area contributed by atoms with Crippen LogP contribution in [-0.2, 0) is 20.5 Å². The Kier molecular flexibility index (Phi) is 5.24. The summed E-state index contributed by atoms with van der Waals surface area (Å²) in [4.78, 5) is 13.0. The summed E-state index contributed by atoms with van der Waals surface area (Å²) in [5.74, 6) is 0.385. The molecule has 0 aliphatic rings. The van der Waals surface area contributed by atoms with Crippen LogP contribution in [0.25, 0.3) is 21.8 Å². The third-order valence-corrected chi connectivity index (χ3v) is 5.72. The standard InChI is InChI=1S/C24H26FN3O2/c1-5-30-18-7-9-22-20(13-18)23(15(2)28(22)4)24(29)26-11-10-16-14-27(3)21-8-6-17(25)12-19(16)21/h6-9,12-14H,5,10-11H2,1-4H3,(H,26,29). The molecule has 156 valence electrons. The molecule has 0 saturated heterocycles. The van der Waals surface area contributed by atoms with Gasteiger partial charge in [0.2, 0.25) is 0 Å². The molecule has 0 fully saturated rings. The Labute approximate surface area is 175 Å². The predicted molar refractivity (Wildman–Crippen MR) is 118 cm³/mol. The van der Waals surface area contributed by atoms with Gasteiger partial charge in [-0.15, -0.1) is 0 Å². The third kappa shape index (κ3) is 3.43. The predicted octanol–water partition coefficient (Wildman–Crippen LogP) is 4.49. The number of rotatable bonds is 6. The van der Waals surface area contributed by atoms with Gasteiger partial charge in [-0.3, -0.25) is 4.79 Å². The van der Waals surface area contributed by atoms with Crippen LogP contribution in [0.4, 0.5) is 4.39 Å². The van der Waals surface area contributed by atoms with E-state index in [1.807, 2.05) is 61.5 Å². The van der Waals surface area contributed by atoms with Gasteiger partial charge in [-0.05, 0) is 62.2 Å². The lowest BCUT2D eigenvalue weighted by atomic mass is 10.1. The van der Waals surface area contributed by atoms with Gasteiger partial charge in [0.1, 0.15) is 11.6 Å². The quantitative estimate of drug-likeness (QED) is 0.512. The summed E-state index contributed by atoms with van der Waals surface area (Å²) in [6, 6.07) is 10.6. The fourth-order valence-electron chi connectivity index (χ4n) is 4.14. The van der Waals surface area contributed by atoms with Gasteiger partial charge in [-0.1, -0.05) is 0 Å². The Bertz CT molecular complexity index is 1250. The first-order chi connectivity index (χ1) is 14.4. The van der Waals surface area contributed by atoms with Crippen molar-refractivity contribution in [2.75, 3.05) is 13.2 Å². The molecule has 2 aromatic heterocycles. The summed E-state index contributed by atoms with van der Waals surface area (Å²) < 4.78 is 23.3. The first-order valence-corrected chi connectivity index (χ1v) is 10.1. The van der Waals surface area contributed by atoms with Crippen molar-refractivity contribution in [1.29, 1.82) is 0 Å². The molecule has 5 nitrogen and oxygen atoms in total. The van der Waals surface area contributed by atoms with E-state index in [1.54, 1.807) is 12.1 Å². The highest BCUT2D eigenvalue weighted by molar-refractivity contribution is 6.08. The molecule has 2 heterocycles. The molecule has 0 bridgehead atoms. The number of amides is 1. The van der Waals surface area contributed by atoms with E-state index in [2.05, 4.69) is 5.32 Å². The molecule has 0 unspecified atom stereocenters. The summed E-state index contributed by atoms with van der Waals surface area (Å²) in [6.45, 7) is 4.93.